The van der Waals surface area contributed by atoms with E-state index in [1.165, 1.54) is 0 Å². The molecule has 30 heavy (non-hydrogen) atoms. The fourth-order valence-electron chi connectivity index (χ4n) is 4.47. The highest BCUT2D eigenvalue weighted by Gasteiger charge is 2.32. The van der Waals surface area contributed by atoms with Gasteiger partial charge in [0, 0.05) is 48.9 Å². The lowest BCUT2D eigenvalue weighted by molar-refractivity contribution is -0.123. The first-order valence-electron chi connectivity index (χ1n) is 10.5. The SMILES string of the molecule is Cc1cn2cc(C3=CC(=O)N4C=C(N5CCC(C)(N)CC5)C=CC4P3)cc2c(C)n1. The average Bonchev–Trinajstić information content (AvgIpc) is 3.12. The summed E-state index contributed by atoms with van der Waals surface area (Å²) in [5, 5.41) is 1.11. The quantitative estimate of drug-likeness (QED) is 0.755. The zero-order chi connectivity index (χ0) is 21.0. The summed E-state index contributed by atoms with van der Waals surface area (Å²) in [6, 6.07) is 2.15. The van der Waals surface area contributed by atoms with Gasteiger partial charge in [0.2, 0.25) is 0 Å². The minimum absolute atomic E-state index is 0.0533. The van der Waals surface area contributed by atoms with Crippen molar-refractivity contribution in [3.8, 4) is 0 Å². The van der Waals surface area contributed by atoms with Gasteiger partial charge in [0.25, 0.3) is 5.91 Å². The van der Waals surface area contributed by atoms with Gasteiger partial charge in [-0.05, 0) is 51.1 Å². The van der Waals surface area contributed by atoms with Crippen molar-refractivity contribution < 1.29 is 4.79 Å². The molecule has 3 aliphatic heterocycles. The van der Waals surface area contributed by atoms with E-state index < -0.39 is 0 Å². The molecule has 0 aliphatic carbocycles. The molecule has 5 rings (SSSR count). The fraction of sp³-hybridized carbons (Fsp3) is 0.391. The van der Waals surface area contributed by atoms with Gasteiger partial charge in [-0.15, -0.1) is 0 Å². The molecule has 1 fully saturated rings. The van der Waals surface area contributed by atoms with Crippen LogP contribution in [0.15, 0.2) is 48.6 Å². The van der Waals surface area contributed by atoms with Crippen molar-refractivity contribution in [3.05, 3.63) is 65.5 Å². The molecule has 3 aliphatic rings. The second kappa shape index (κ2) is 7.07. The first kappa shape index (κ1) is 19.5. The number of nitrogens with zero attached hydrogens (tertiary/aromatic N) is 4. The lowest BCUT2D eigenvalue weighted by atomic mass is 9.91. The van der Waals surface area contributed by atoms with Gasteiger partial charge in [-0.3, -0.25) is 9.78 Å². The van der Waals surface area contributed by atoms with Crippen LogP contribution >= 0.6 is 8.58 Å². The molecule has 0 bridgehead atoms. The van der Waals surface area contributed by atoms with Crippen LogP contribution in [0, 0.1) is 13.8 Å². The van der Waals surface area contributed by atoms with Gasteiger partial charge in [-0.1, -0.05) is 14.7 Å². The van der Waals surface area contributed by atoms with Crippen LogP contribution in [-0.2, 0) is 4.79 Å². The molecule has 0 radical (unpaired) electrons. The van der Waals surface area contributed by atoms with E-state index >= 15 is 0 Å². The molecular weight excluding hydrogens is 393 g/mol. The monoisotopic (exact) mass is 421 g/mol. The van der Waals surface area contributed by atoms with Gasteiger partial charge in [0.05, 0.1) is 28.4 Å². The third kappa shape index (κ3) is 3.48. The predicted molar refractivity (Wildman–Crippen MR) is 122 cm³/mol. The highest BCUT2D eigenvalue weighted by molar-refractivity contribution is 7.51. The summed E-state index contributed by atoms with van der Waals surface area (Å²) in [4.78, 5) is 21.8. The Morgan fingerprint density at radius 3 is 2.77 bits per heavy atom. The molecule has 2 aromatic heterocycles. The van der Waals surface area contributed by atoms with Crippen LogP contribution in [0.2, 0.25) is 0 Å². The summed E-state index contributed by atoms with van der Waals surface area (Å²) < 4.78 is 2.12. The van der Waals surface area contributed by atoms with Gasteiger partial charge >= 0.3 is 0 Å². The first-order valence-corrected chi connectivity index (χ1v) is 11.6. The second-order valence-electron chi connectivity index (χ2n) is 8.94. The molecule has 2 N–H and O–H groups in total. The van der Waals surface area contributed by atoms with Gasteiger partial charge in [-0.25, -0.2) is 0 Å². The van der Waals surface area contributed by atoms with Crippen LogP contribution in [0.4, 0.5) is 0 Å². The number of rotatable bonds is 2. The van der Waals surface area contributed by atoms with E-state index in [1.54, 1.807) is 6.08 Å². The molecule has 6 nitrogen and oxygen atoms in total. The van der Waals surface area contributed by atoms with Crippen LogP contribution in [0.25, 0.3) is 10.8 Å². The molecule has 1 amide bonds. The van der Waals surface area contributed by atoms with Gasteiger partial charge in [-0.2, -0.15) is 0 Å². The van der Waals surface area contributed by atoms with Crippen LogP contribution in [0.5, 0.6) is 0 Å². The van der Waals surface area contributed by atoms with Crippen LogP contribution < -0.4 is 5.73 Å². The summed E-state index contributed by atoms with van der Waals surface area (Å²) >= 11 is 0. The molecule has 0 spiro atoms. The maximum absolute atomic E-state index is 13.0. The number of carbonyl (C=O) groups is 1. The highest BCUT2D eigenvalue weighted by atomic mass is 31.1. The van der Waals surface area contributed by atoms with Crippen molar-refractivity contribution in [2.75, 3.05) is 13.1 Å². The third-order valence-corrected chi connectivity index (χ3v) is 7.83. The number of nitrogens with two attached hydrogens (primary N) is 1. The number of likely N-dealkylation sites (tertiary alicyclic amines) is 1. The van der Waals surface area contributed by atoms with Crippen molar-refractivity contribution >= 4 is 25.3 Å². The van der Waals surface area contributed by atoms with E-state index in [0.717, 1.165) is 59.4 Å². The Bertz CT molecular complexity index is 1120. The molecule has 0 saturated carbocycles. The van der Waals surface area contributed by atoms with E-state index in [4.69, 9.17) is 5.73 Å². The van der Waals surface area contributed by atoms with Crippen molar-refractivity contribution in [2.24, 2.45) is 5.73 Å². The summed E-state index contributed by atoms with van der Waals surface area (Å²) in [7, 11) is 0.517. The Balaban J connectivity index is 1.40. The molecule has 2 aromatic rings. The van der Waals surface area contributed by atoms with Gasteiger partial charge in [0.1, 0.15) is 0 Å². The number of piperidine rings is 1. The normalized spacial score (nSPS) is 24.3. The third-order valence-electron chi connectivity index (χ3n) is 6.32. The Morgan fingerprint density at radius 1 is 1.23 bits per heavy atom. The van der Waals surface area contributed by atoms with Crippen molar-refractivity contribution in [3.63, 3.8) is 0 Å². The molecule has 0 aromatic carbocycles. The van der Waals surface area contributed by atoms with Gasteiger partial charge in [0.15, 0.2) is 0 Å². The van der Waals surface area contributed by atoms with E-state index in [0.29, 0.717) is 8.58 Å². The van der Waals surface area contributed by atoms with Crippen LogP contribution in [0.1, 0.15) is 36.7 Å². The minimum atomic E-state index is -0.0779. The number of hydrogen-bond donors (Lipinski definition) is 1. The topological polar surface area (TPSA) is 66.9 Å². The summed E-state index contributed by atoms with van der Waals surface area (Å²) in [6.07, 6.45) is 14.3. The van der Waals surface area contributed by atoms with E-state index in [9.17, 15) is 4.79 Å². The smallest absolute Gasteiger partial charge is 0.252 e. The number of allylic oxidation sites excluding steroid dienone is 1. The maximum atomic E-state index is 13.0. The number of amides is 1. The molecule has 1 saturated heterocycles. The Kier molecular flexibility index (Phi) is 4.60. The van der Waals surface area contributed by atoms with E-state index in [2.05, 4.69) is 45.6 Å². The van der Waals surface area contributed by atoms with Crippen LogP contribution in [0.3, 0.4) is 0 Å². The number of carbonyl (C=O) groups excluding carboxylic acids is 1. The lowest BCUT2D eigenvalue weighted by Gasteiger charge is -2.41. The molecule has 2 unspecified atom stereocenters. The number of fused-ring (bicyclic) bond motifs is 2. The fourth-order valence-corrected chi connectivity index (χ4v) is 5.83. The van der Waals surface area contributed by atoms with Crippen molar-refractivity contribution in [1.82, 2.24) is 19.2 Å². The Morgan fingerprint density at radius 2 is 2.00 bits per heavy atom. The zero-order valence-electron chi connectivity index (χ0n) is 17.7. The molecule has 2 atom stereocenters. The van der Waals surface area contributed by atoms with E-state index in [1.807, 2.05) is 31.1 Å². The number of aromatic nitrogens is 2. The first-order chi connectivity index (χ1) is 14.3. The molecule has 5 heterocycles. The van der Waals surface area contributed by atoms with Crippen LogP contribution in [-0.4, -0.2) is 49.5 Å². The highest BCUT2D eigenvalue weighted by Crippen LogP contribution is 2.45. The summed E-state index contributed by atoms with van der Waals surface area (Å²) in [5.41, 5.74) is 11.5. The van der Waals surface area contributed by atoms with E-state index in [-0.39, 0.29) is 17.2 Å². The summed E-state index contributed by atoms with van der Waals surface area (Å²) in [5.74, 6) is 0.146. The predicted octanol–water partition coefficient (Wildman–Crippen LogP) is 3.36. The van der Waals surface area contributed by atoms with Crippen molar-refractivity contribution in [2.45, 2.75) is 44.9 Å². The molecule has 7 heteroatoms. The van der Waals surface area contributed by atoms with Gasteiger partial charge < -0.3 is 19.9 Å². The number of hydrogen-bond acceptors (Lipinski definition) is 4. The average molecular weight is 421 g/mol. The maximum Gasteiger partial charge on any atom is 0.252 e. The second-order valence-corrected chi connectivity index (χ2v) is 10.4. The lowest BCUT2D eigenvalue weighted by Crippen LogP contribution is -2.48. The molecular formula is C23H28N5OP. The summed E-state index contributed by atoms with van der Waals surface area (Å²) in [6.45, 7) is 8.02. The Labute approximate surface area is 178 Å². The Hall–Kier alpha value is -2.43. The zero-order valence-corrected chi connectivity index (χ0v) is 18.7. The standard InChI is InChI=1S/C23H28N5OP/c1-15-12-27-13-17(10-19(27)16(2)25-15)20-11-21(29)28-14-18(4-5-22(28)30-20)26-8-6-23(3,24)7-9-26/h4-5,10-14,22,30H,6-9,24H2,1-3H3. The molecule has 156 valence electrons. The van der Waals surface area contributed by atoms with Crippen molar-refractivity contribution in [1.29, 1.82) is 0 Å². The largest absolute Gasteiger partial charge is 0.370 e. The minimum Gasteiger partial charge on any atom is -0.370 e. The number of aryl methyl sites for hydroxylation is 2.